The third-order valence-corrected chi connectivity index (χ3v) is 3.71. The summed E-state index contributed by atoms with van der Waals surface area (Å²) in [6, 6.07) is 3.06. The first-order chi connectivity index (χ1) is 9.53. The van der Waals surface area contributed by atoms with Gasteiger partial charge in [0.1, 0.15) is 0 Å². The zero-order valence-corrected chi connectivity index (χ0v) is 12.0. The van der Waals surface area contributed by atoms with Gasteiger partial charge < -0.3 is 10.1 Å². The van der Waals surface area contributed by atoms with Gasteiger partial charge in [-0.3, -0.25) is 9.59 Å². The standard InChI is InChI=1S/C16H19NO3/c1-4-9-7-10(5-2)15-14(11(9)6-3)12(18)8-13(19)16(20)17-15/h7-8,19H,4-6H2,1-3H3,(H,17,20). The highest BCUT2D eigenvalue weighted by atomic mass is 16.3. The molecule has 2 rings (SSSR count). The minimum atomic E-state index is -0.627. The SMILES string of the molecule is CCc1cc(CC)c2[nH]c(=O)c(O)cc(=O)c2c1CC. The highest BCUT2D eigenvalue weighted by Crippen LogP contribution is 2.23. The second kappa shape index (κ2) is 5.49. The maximum Gasteiger partial charge on any atom is 0.290 e. The number of hydrogen-bond donors (Lipinski definition) is 2. The number of aromatic amines is 1. The van der Waals surface area contributed by atoms with Crippen molar-refractivity contribution in [1.29, 1.82) is 0 Å². The van der Waals surface area contributed by atoms with Crippen molar-refractivity contribution < 1.29 is 5.11 Å². The van der Waals surface area contributed by atoms with Crippen molar-refractivity contribution in [3.8, 4) is 5.75 Å². The minimum absolute atomic E-state index is 0.308. The van der Waals surface area contributed by atoms with Gasteiger partial charge in [-0.2, -0.15) is 0 Å². The third kappa shape index (κ3) is 2.22. The van der Waals surface area contributed by atoms with E-state index in [4.69, 9.17) is 0 Å². The molecule has 0 bridgehead atoms. The molecule has 20 heavy (non-hydrogen) atoms. The van der Waals surface area contributed by atoms with Crippen molar-refractivity contribution in [3.05, 3.63) is 49.4 Å². The Bertz CT molecular complexity index is 775. The Morgan fingerprint density at radius 1 is 1.00 bits per heavy atom. The Morgan fingerprint density at radius 3 is 2.20 bits per heavy atom. The Kier molecular flexibility index (Phi) is 3.93. The summed E-state index contributed by atoms with van der Waals surface area (Å²) in [5, 5.41) is 10.1. The molecule has 0 aliphatic rings. The lowest BCUT2D eigenvalue weighted by Crippen LogP contribution is -2.06. The molecule has 2 aromatic rings. The molecular formula is C16H19NO3. The molecule has 1 aromatic heterocycles. The van der Waals surface area contributed by atoms with Gasteiger partial charge in [-0.1, -0.05) is 26.8 Å². The fraction of sp³-hybridized carbons (Fsp3) is 0.375. The van der Waals surface area contributed by atoms with Gasteiger partial charge in [-0.25, -0.2) is 0 Å². The topological polar surface area (TPSA) is 70.2 Å². The van der Waals surface area contributed by atoms with Crippen LogP contribution in [0.15, 0.2) is 21.7 Å². The van der Waals surface area contributed by atoms with E-state index in [1.807, 2.05) is 26.8 Å². The first kappa shape index (κ1) is 14.3. The van der Waals surface area contributed by atoms with E-state index in [2.05, 4.69) is 4.98 Å². The maximum absolute atomic E-state index is 12.3. The monoisotopic (exact) mass is 273 g/mol. The molecule has 4 heteroatoms. The van der Waals surface area contributed by atoms with E-state index in [9.17, 15) is 14.7 Å². The number of fused-ring (bicyclic) bond motifs is 1. The molecule has 0 atom stereocenters. The molecule has 106 valence electrons. The van der Waals surface area contributed by atoms with Crippen LogP contribution in [0, 0.1) is 0 Å². The van der Waals surface area contributed by atoms with Crippen molar-refractivity contribution in [3.63, 3.8) is 0 Å². The zero-order valence-electron chi connectivity index (χ0n) is 12.0. The van der Waals surface area contributed by atoms with Crippen LogP contribution in [-0.2, 0) is 19.3 Å². The maximum atomic E-state index is 12.3. The van der Waals surface area contributed by atoms with Crippen LogP contribution in [0.1, 0.15) is 37.5 Å². The summed E-state index contributed by atoms with van der Waals surface area (Å²) >= 11 is 0. The number of aromatic hydroxyl groups is 1. The van der Waals surface area contributed by atoms with E-state index in [-0.39, 0.29) is 5.43 Å². The normalized spacial score (nSPS) is 10.9. The smallest absolute Gasteiger partial charge is 0.290 e. The highest BCUT2D eigenvalue weighted by molar-refractivity contribution is 5.86. The fourth-order valence-electron chi connectivity index (χ4n) is 2.69. The van der Waals surface area contributed by atoms with Crippen molar-refractivity contribution in [2.24, 2.45) is 0 Å². The molecule has 0 radical (unpaired) electrons. The lowest BCUT2D eigenvalue weighted by Gasteiger charge is -2.11. The Hall–Kier alpha value is -2.10. The summed E-state index contributed by atoms with van der Waals surface area (Å²) in [7, 11) is 0. The average molecular weight is 273 g/mol. The molecule has 0 unspecified atom stereocenters. The van der Waals surface area contributed by atoms with Gasteiger partial charge in [0.15, 0.2) is 11.2 Å². The Labute approximate surface area is 117 Å². The summed E-state index contributed by atoms with van der Waals surface area (Å²) in [5.74, 6) is -0.534. The van der Waals surface area contributed by atoms with Gasteiger partial charge in [0, 0.05) is 11.5 Å². The van der Waals surface area contributed by atoms with Crippen LogP contribution in [0.3, 0.4) is 0 Å². The van der Waals surface area contributed by atoms with Gasteiger partial charge in [0.25, 0.3) is 5.56 Å². The first-order valence-electron chi connectivity index (χ1n) is 6.97. The number of rotatable bonds is 3. The molecular weight excluding hydrogens is 254 g/mol. The molecule has 1 aromatic carbocycles. The number of aryl methyl sites for hydroxylation is 3. The van der Waals surface area contributed by atoms with E-state index in [1.165, 1.54) is 0 Å². The highest BCUT2D eigenvalue weighted by Gasteiger charge is 2.13. The van der Waals surface area contributed by atoms with Crippen LogP contribution >= 0.6 is 0 Å². The number of hydrogen-bond acceptors (Lipinski definition) is 3. The van der Waals surface area contributed by atoms with E-state index in [0.29, 0.717) is 23.7 Å². The summed E-state index contributed by atoms with van der Waals surface area (Å²) in [5.41, 5.74) is 2.63. The summed E-state index contributed by atoms with van der Waals surface area (Å²) in [4.78, 5) is 26.8. The second-order valence-corrected chi connectivity index (χ2v) is 4.83. The van der Waals surface area contributed by atoms with Crippen molar-refractivity contribution in [1.82, 2.24) is 4.98 Å². The molecule has 0 aliphatic carbocycles. The average Bonchev–Trinajstić information content (AvgIpc) is 2.55. The number of H-pyrrole nitrogens is 1. The van der Waals surface area contributed by atoms with Crippen molar-refractivity contribution in [2.45, 2.75) is 40.0 Å². The molecule has 0 aliphatic heterocycles. The van der Waals surface area contributed by atoms with Crippen molar-refractivity contribution in [2.75, 3.05) is 0 Å². The van der Waals surface area contributed by atoms with Crippen LogP contribution < -0.4 is 11.0 Å². The summed E-state index contributed by atoms with van der Waals surface area (Å²) in [6.07, 6.45) is 2.26. The van der Waals surface area contributed by atoms with Gasteiger partial charge in [0.2, 0.25) is 0 Å². The second-order valence-electron chi connectivity index (χ2n) is 4.83. The van der Waals surface area contributed by atoms with E-state index >= 15 is 0 Å². The third-order valence-electron chi connectivity index (χ3n) is 3.71. The molecule has 2 N–H and O–H groups in total. The summed E-state index contributed by atoms with van der Waals surface area (Å²) in [6.45, 7) is 6.02. The lowest BCUT2D eigenvalue weighted by molar-refractivity contribution is 0.468. The summed E-state index contributed by atoms with van der Waals surface area (Å²) < 4.78 is 0. The van der Waals surface area contributed by atoms with E-state index < -0.39 is 11.3 Å². The molecule has 0 amide bonds. The Balaban J connectivity index is 3.16. The molecule has 0 saturated carbocycles. The number of benzene rings is 1. The predicted octanol–water partition coefficient (Wildman–Crippen LogP) is 2.28. The largest absolute Gasteiger partial charge is 0.503 e. The van der Waals surface area contributed by atoms with Crippen LogP contribution in [0.5, 0.6) is 5.75 Å². The van der Waals surface area contributed by atoms with Crippen LogP contribution in [-0.4, -0.2) is 10.1 Å². The fourth-order valence-corrected chi connectivity index (χ4v) is 2.69. The molecule has 0 saturated heterocycles. The number of nitrogens with one attached hydrogen (secondary N) is 1. The predicted molar refractivity (Wildman–Crippen MR) is 80.6 cm³/mol. The quantitative estimate of drug-likeness (QED) is 0.901. The van der Waals surface area contributed by atoms with Gasteiger partial charge in [-0.15, -0.1) is 0 Å². The molecule has 1 heterocycles. The molecule has 0 spiro atoms. The van der Waals surface area contributed by atoms with E-state index in [0.717, 1.165) is 29.2 Å². The zero-order chi connectivity index (χ0) is 14.9. The van der Waals surface area contributed by atoms with Crippen LogP contribution in [0.4, 0.5) is 0 Å². The van der Waals surface area contributed by atoms with Crippen molar-refractivity contribution >= 4 is 10.9 Å². The molecule has 0 fully saturated rings. The van der Waals surface area contributed by atoms with Gasteiger partial charge in [0.05, 0.1) is 5.52 Å². The molecule has 4 nitrogen and oxygen atoms in total. The van der Waals surface area contributed by atoms with Gasteiger partial charge >= 0.3 is 0 Å². The van der Waals surface area contributed by atoms with Crippen LogP contribution in [0.25, 0.3) is 10.9 Å². The first-order valence-corrected chi connectivity index (χ1v) is 6.97. The van der Waals surface area contributed by atoms with E-state index in [1.54, 1.807) is 0 Å². The minimum Gasteiger partial charge on any atom is -0.503 e. The van der Waals surface area contributed by atoms with Gasteiger partial charge in [-0.05, 0) is 36.0 Å². The lowest BCUT2D eigenvalue weighted by atomic mass is 9.94. The van der Waals surface area contributed by atoms with Crippen LogP contribution in [0.2, 0.25) is 0 Å². The number of aromatic nitrogens is 1. The Morgan fingerprint density at radius 2 is 1.65 bits per heavy atom.